The molecule has 150 valence electrons. The van der Waals surface area contributed by atoms with E-state index in [-0.39, 0.29) is 12.2 Å². The van der Waals surface area contributed by atoms with E-state index in [2.05, 4.69) is 10.2 Å². The van der Waals surface area contributed by atoms with Crippen molar-refractivity contribution in [3.05, 3.63) is 54.1 Å². The molecule has 2 heterocycles. The van der Waals surface area contributed by atoms with Gasteiger partial charge in [0, 0.05) is 32.2 Å². The van der Waals surface area contributed by atoms with Crippen molar-refractivity contribution in [3.8, 4) is 0 Å². The molecule has 0 amide bonds. The number of hydrogen-bond acceptors (Lipinski definition) is 4. The third kappa shape index (κ3) is 3.45. The van der Waals surface area contributed by atoms with Crippen LogP contribution in [0.15, 0.2) is 42.5 Å². The Morgan fingerprint density at radius 3 is 2.50 bits per heavy atom. The first-order valence-electron chi connectivity index (χ1n) is 9.28. The topological polar surface area (TPSA) is 55.9 Å². The van der Waals surface area contributed by atoms with Gasteiger partial charge in [-0.15, -0.1) is 0 Å². The lowest BCUT2D eigenvalue weighted by molar-refractivity contribution is 0.301. The Bertz CT molecular complexity index is 962. The van der Waals surface area contributed by atoms with Crippen molar-refractivity contribution in [2.24, 2.45) is 0 Å². The van der Waals surface area contributed by atoms with Crippen LogP contribution in [0.1, 0.15) is 6.42 Å². The molecule has 2 aromatic rings. The lowest BCUT2D eigenvalue weighted by atomic mass is 10.2. The van der Waals surface area contributed by atoms with Gasteiger partial charge in [-0.3, -0.25) is 0 Å². The number of hydrogen-bond donors (Lipinski definition) is 1. The van der Waals surface area contributed by atoms with E-state index in [4.69, 9.17) is 0 Å². The monoisotopic (exact) mass is 408 g/mol. The van der Waals surface area contributed by atoms with Crippen molar-refractivity contribution in [3.63, 3.8) is 0 Å². The minimum atomic E-state index is -4.02. The third-order valence-corrected chi connectivity index (χ3v) is 6.85. The summed E-state index contributed by atoms with van der Waals surface area (Å²) in [6.45, 7) is 4.42. The third-order valence-electron chi connectivity index (χ3n) is 5.06. The van der Waals surface area contributed by atoms with Crippen molar-refractivity contribution in [1.29, 1.82) is 0 Å². The van der Waals surface area contributed by atoms with Gasteiger partial charge in [0.2, 0.25) is 0 Å². The molecule has 0 aromatic heterocycles. The highest BCUT2D eigenvalue weighted by Crippen LogP contribution is 2.45. The molecule has 1 fully saturated rings. The molecule has 4 rings (SSSR count). The Balaban J connectivity index is 1.66. The van der Waals surface area contributed by atoms with Crippen LogP contribution in [-0.4, -0.2) is 52.6 Å². The van der Waals surface area contributed by atoms with Crippen LogP contribution >= 0.6 is 0 Å². The number of halogens is 2. The summed E-state index contributed by atoms with van der Waals surface area (Å²) < 4.78 is 56.6. The summed E-state index contributed by atoms with van der Waals surface area (Å²) in [6.07, 6.45) is 1.01. The second-order valence-corrected chi connectivity index (χ2v) is 8.58. The van der Waals surface area contributed by atoms with E-state index in [9.17, 15) is 17.2 Å². The highest BCUT2D eigenvalue weighted by atomic mass is 32.2. The largest absolute Gasteiger partial charge is 0.331 e. The van der Waals surface area contributed by atoms with E-state index in [1.165, 1.54) is 4.31 Å². The molecule has 9 heteroatoms. The Morgan fingerprint density at radius 2 is 1.71 bits per heavy atom. The number of benzene rings is 2. The number of fused-ring (bicyclic) bond motifs is 1. The van der Waals surface area contributed by atoms with Gasteiger partial charge in [0.05, 0.1) is 17.1 Å². The van der Waals surface area contributed by atoms with Gasteiger partial charge >= 0.3 is 10.2 Å². The highest BCUT2D eigenvalue weighted by molar-refractivity contribution is 7.95. The van der Waals surface area contributed by atoms with Gasteiger partial charge in [-0.05, 0) is 43.8 Å². The molecule has 0 bridgehead atoms. The molecular formula is C19H22F2N4O2S. The van der Waals surface area contributed by atoms with E-state index < -0.39 is 21.8 Å². The number of nitrogens with zero attached hydrogens (tertiary/aromatic N) is 3. The molecule has 0 aliphatic carbocycles. The summed E-state index contributed by atoms with van der Waals surface area (Å²) in [6, 6.07) is 9.70. The highest BCUT2D eigenvalue weighted by Gasteiger charge is 2.42. The van der Waals surface area contributed by atoms with E-state index in [1.54, 1.807) is 24.3 Å². The van der Waals surface area contributed by atoms with Crippen LogP contribution in [0.2, 0.25) is 0 Å². The SMILES string of the molecule is O=S1(=O)N(CCN2CCCNCC2)c2ccccc2N1c1ccc(F)cc1F. The average Bonchev–Trinajstić information content (AvgIpc) is 2.83. The fourth-order valence-electron chi connectivity index (χ4n) is 3.69. The van der Waals surface area contributed by atoms with Crippen molar-refractivity contribution < 1.29 is 17.2 Å². The molecule has 0 unspecified atom stereocenters. The predicted octanol–water partition coefficient (Wildman–Crippen LogP) is 2.46. The molecule has 28 heavy (non-hydrogen) atoms. The standard InChI is InChI=1S/C19H22F2N4O2S/c20-15-6-7-17(16(21)14-15)25-19-5-2-1-4-18(19)24(28(25,26)27)13-12-23-10-3-8-22-9-11-23/h1-2,4-7,14,22H,3,8-13H2. The zero-order valence-electron chi connectivity index (χ0n) is 15.3. The summed E-state index contributed by atoms with van der Waals surface area (Å²) in [4.78, 5) is 2.22. The molecule has 2 aliphatic heterocycles. The number of rotatable bonds is 4. The van der Waals surface area contributed by atoms with Crippen LogP contribution in [0, 0.1) is 11.6 Å². The van der Waals surface area contributed by atoms with Crippen LogP contribution in [0.4, 0.5) is 25.8 Å². The van der Waals surface area contributed by atoms with Gasteiger partial charge < -0.3 is 10.2 Å². The summed E-state index contributed by atoms with van der Waals surface area (Å²) in [5.74, 6) is -1.67. The summed E-state index contributed by atoms with van der Waals surface area (Å²) in [5.41, 5.74) is 0.681. The van der Waals surface area contributed by atoms with E-state index in [0.717, 1.165) is 49.0 Å². The quantitative estimate of drug-likeness (QED) is 0.845. The van der Waals surface area contributed by atoms with Gasteiger partial charge in [-0.25, -0.2) is 17.4 Å². The second kappa shape index (κ2) is 7.65. The Labute approximate surface area is 163 Å². The Kier molecular flexibility index (Phi) is 5.22. The Hall–Kier alpha value is -2.23. The first-order valence-corrected chi connectivity index (χ1v) is 10.7. The smallest absolute Gasteiger partial charge is 0.315 e. The number of para-hydroxylation sites is 2. The lowest BCUT2D eigenvalue weighted by Gasteiger charge is -2.25. The van der Waals surface area contributed by atoms with E-state index >= 15 is 0 Å². The van der Waals surface area contributed by atoms with Crippen LogP contribution in [0.3, 0.4) is 0 Å². The van der Waals surface area contributed by atoms with Crippen LogP contribution in [0.25, 0.3) is 0 Å². The van der Waals surface area contributed by atoms with Crippen molar-refractivity contribution in [2.45, 2.75) is 6.42 Å². The molecule has 6 nitrogen and oxygen atoms in total. The van der Waals surface area contributed by atoms with Gasteiger partial charge in [-0.2, -0.15) is 8.42 Å². The maximum Gasteiger partial charge on any atom is 0.331 e. The van der Waals surface area contributed by atoms with Crippen LogP contribution in [0.5, 0.6) is 0 Å². The van der Waals surface area contributed by atoms with Gasteiger partial charge in [0.1, 0.15) is 5.82 Å². The zero-order valence-corrected chi connectivity index (χ0v) is 16.1. The average molecular weight is 408 g/mol. The molecule has 0 atom stereocenters. The van der Waals surface area contributed by atoms with Crippen molar-refractivity contribution in [1.82, 2.24) is 10.2 Å². The fraction of sp³-hybridized carbons (Fsp3) is 0.368. The fourth-order valence-corrected chi connectivity index (χ4v) is 5.40. The summed E-state index contributed by atoms with van der Waals surface area (Å²) >= 11 is 0. The maximum absolute atomic E-state index is 14.4. The first-order chi connectivity index (χ1) is 13.5. The Morgan fingerprint density at radius 1 is 0.929 bits per heavy atom. The maximum atomic E-state index is 14.4. The molecule has 0 radical (unpaired) electrons. The minimum Gasteiger partial charge on any atom is -0.315 e. The van der Waals surface area contributed by atoms with E-state index in [1.807, 2.05) is 0 Å². The van der Waals surface area contributed by atoms with Crippen molar-refractivity contribution in [2.75, 3.05) is 47.9 Å². The summed E-state index contributed by atoms with van der Waals surface area (Å²) in [5, 5.41) is 3.32. The van der Waals surface area contributed by atoms with Crippen LogP contribution in [-0.2, 0) is 10.2 Å². The van der Waals surface area contributed by atoms with Crippen molar-refractivity contribution >= 4 is 27.3 Å². The molecule has 0 saturated carbocycles. The summed E-state index contributed by atoms with van der Waals surface area (Å²) in [7, 11) is -4.02. The predicted molar refractivity (Wildman–Crippen MR) is 105 cm³/mol. The molecule has 1 N–H and O–H groups in total. The molecule has 2 aliphatic rings. The molecule has 0 spiro atoms. The normalized spacial score (nSPS) is 19.5. The number of nitrogens with one attached hydrogen (secondary N) is 1. The lowest BCUT2D eigenvalue weighted by Crippen LogP contribution is -2.41. The molecule has 2 aromatic carbocycles. The first kappa shape index (κ1) is 19.1. The van der Waals surface area contributed by atoms with E-state index in [0.29, 0.717) is 24.0 Å². The molecule has 1 saturated heterocycles. The molecular weight excluding hydrogens is 386 g/mol. The zero-order chi connectivity index (χ0) is 19.7. The minimum absolute atomic E-state index is 0.185. The van der Waals surface area contributed by atoms with Gasteiger partial charge in [-0.1, -0.05) is 12.1 Å². The van der Waals surface area contributed by atoms with Crippen LogP contribution < -0.4 is 13.9 Å². The van der Waals surface area contributed by atoms with Gasteiger partial charge in [0.15, 0.2) is 5.82 Å². The second-order valence-electron chi connectivity index (χ2n) is 6.87. The van der Waals surface area contributed by atoms with Gasteiger partial charge in [0.25, 0.3) is 0 Å². The number of anilines is 3.